The molecule has 126 valence electrons. The number of halogens is 2. The zero-order valence-corrected chi connectivity index (χ0v) is 14.3. The lowest BCUT2D eigenvalue weighted by atomic mass is 10.2. The van der Waals surface area contributed by atoms with Crippen LogP contribution < -0.4 is 5.32 Å². The van der Waals surface area contributed by atoms with Crippen LogP contribution in [0.4, 0.5) is 9.52 Å². The lowest BCUT2D eigenvalue weighted by molar-refractivity contribution is -0.142. The summed E-state index contributed by atoms with van der Waals surface area (Å²) in [5.74, 6) is -1.38. The monoisotopic (exact) mass is 368 g/mol. The summed E-state index contributed by atoms with van der Waals surface area (Å²) in [6, 6.07) is 4.27. The van der Waals surface area contributed by atoms with Gasteiger partial charge in [-0.1, -0.05) is 17.7 Å². The zero-order valence-electron chi connectivity index (χ0n) is 12.7. The normalized spacial score (nSPS) is 10.8. The van der Waals surface area contributed by atoms with Crippen molar-refractivity contribution in [3.05, 3.63) is 51.8 Å². The van der Waals surface area contributed by atoms with Crippen LogP contribution in [0.15, 0.2) is 29.7 Å². The summed E-state index contributed by atoms with van der Waals surface area (Å²) < 4.78 is 18.4. The molecule has 1 amide bonds. The number of aromatic nitrogens is 1. The molecule has 1 N–H and O–H groups in total. The van der Waals surface area contributed by atoms with Gasteiger partial charge in [0, 0.05) is 17.0 Å². The van der Waals surface area contributed by atoms with Gasteiger partial charge in [-0.3, -0.25) is 14.9 Å². The van der Waals surface area contributed by atoms with E-state index >= 15 is 0 Å². The Labute approximate surface area is 147 Å². The van der Waals surface area contributed by atoms with Crippen molar-refractivity contribution in [1.82, 2.24) is 4.98 Å². The van der Waals surface area contributed by atoms with Gasteiger partial charge in [-0.05, 0) is 25.1 Å². The van der Waals surface area contributed by atoms with E-state index in [0.717, 1.165) is 6.08 Å². The standard InChI is InChI=1S/C16H14ClFN2O3S/c1-2-23-15(22)8-10-9-24-16(19-10)20-14(21)7-6-11-12(17)4-3-5-13(11)18/h3-7,9H,2,8H2,1H3,(H,19,20,21). The van der Waals surface area contributed by atoms with Crippen molar-refractivity contribution in [2.75, 3.05) is 11.9 Å². The Morgan fingerprint density at radius 3 is 2.96 bits per heavy atom. The van der Waals surface area contributed by atoms with Crippen LogP contribution in [-0.4, -0.2) is 23.5 Å². The summed E-state index contributed by atoms with van der Waals surface area (Å²) >= 11 is 7.05. The number of esters is 1. The molecule has 2 aromatic rings. The van der Waals surface area contributed by atoms with Crippen molar-refractivity contribution in [3.63, 3.8) is 0 Å². The van der Waals surface area contributed by atoms with Crippen LogP contribution in [0.2, 0.25) is 5.02 Å². The maximum atomic E-state index is 13.6. The number of ether oxygens (including phenoxy) is 1. The average Bonchev–Trinajstić information content (AvgIpc) is 2.93. The lowest BCUT2D eigenvalue weighted by Crippen LogP contribution is -2.09. The second-order valence-electron chi connectivity index (χ2n) is 4.58. The van der Waals surface area contributed by atoms with Gasteiger partial charge in [0.05, 0.1) is 23.7 Å². The number of rotatable bonds is 6. The smallest absolute Gasteiger partial charge is 0.311 e. The lowest BCUT2D eigenvalue weighted by Gasteiger charge is -2.00. The summed E-state index contributed by atoms with van der Waals surface area (Å²) in [5, 5.41) is 4.75. The molecule has 1 aromatic heterocycles. The van der Waals surface area contributed by atoms with Gasteiger partial charge in [0.1, 0.15) is 5.82 Å². The summed E-state index contributed by atoms with van der Waals surface area (Å²) in [5.41, 5.74) is 0.645. The van der Waals surface area contributed by atoms with Gasteiger partial charge >= 0.3 is 5.97 Å². The number of hydrogen-bond acceptors (Lipinski definition) is 5. The molecule has 0 saturated heterocycles. The molecule has 0 aliphatic rings. The third-order valence-electron chi connectivity index (χ3n) is 2.81. The number of thiazole rings is 1. The molecule has 0 fully saturated rings. The molecule has 0 aliphatic carbocycles. The van der Waals surface area contributed by atoms with Gasteiger partial charge < -0.3 is 4.74 Å². The number of hydrogen-bond donors (Lipinski definition) is 1. The van der Waals surface area contributed by atoms with Crippen molar-refractivity contribution in [3.8, 4) is 0 Å². The highest BCUT2D eigenvalue weighted by Crippen LogP contribution is 2.20. The van der Waals surface area contributed by atoms with Crippen molar-refractivity contribution >= 4 is 46.0 Å². The number of anilines is 1. The predicted octanol–water partition coefficient (Wildman–Crippen LogP) is 3.69. The van der Waals surface area contributed by atoms with Crippen LogP contribution >= 0.6 is 22.9 Å². The largest absolute Gasteiger partial charge is 0.466 e. The first-order valence-corrected chi connectivity index (χ1v) is 8.28. The summed E-state index contributed by atoms with van der Waals surface area (Å²) in [6.45, 7) is 2.02. The average molecular weight is 369 g/mol. The van der Waals surface area contributed by atoms with Gasteiger partial charge in [-0.15, -0.1) is 11.3 Å². The molecule has 8 heteroatoms. The fourth-order valence-corrected chi connectivity index (χ4v) is 2.72. The molecular weight excluding hydrogens is 355 g/mol. The number of carbonyl (C=O) groups excluding carboxylic acids is 2. The Kier molecular flexibility index (Phi) is 6.45. The van der Waals surface area contributed by atoms with Gasteiger partial charge in [0.25, 0.3) is 0 Å². The minimum atomic E-state index is -0.516. The van der Waals surface area contributed by atoms with E-state index in [4.69, 9.17) is 16.3 Å². The number of amides is 1. The molecule has 1 aromatic carbocycles. The van der Waals surface area contributed by atoms with Crippen molar-refractivity contribution in [2.24, 2.45) is 0 Å². The Bertz CT molecular complexity index is 756. The van der Waals surface area contributed by atoms with E-state index in [1.54, 1.807) is 12.3 Å². The van der Waals surface area contributed by atoms with E-state index in [2.05, 4.69) is 10.3 Å². The van der Waals surface area contributed by atoms with Crippen molar-refractivity contribution in [1.29, 1.82) is 0 Å². The van der Waals surface area contributed by atoms with Crippen LogP contribution in [0.5, 0.6) is 0 Å². The van der Waals surface area contributed by atoms with E-state index < -0.39 is 11.7 Å². The molecule has 2 rings (SSSR count). The molecular formula is C16H14ClFN2O3S. The van der Waals surface area contributed by atoms with E-state index in [1.807, 2.05) is 0 Å². The quantitative estimate of drug-likeness (QED) is 0.623. The molecule has 0 radical (unpaired) electrons. The van der Waals surface area contributed by atoms with E-state index in [0.29, 0.717) is 17.4 Å². The third kappa shape index (κ3) is 5.14. The molecule has 0 spiro atoms. The van der Waals surface area contributed by atoms with Crippen LogP contribution in [0.1, 0.15) is 18.2 Å². The second-order valence-corrected chi connectivity index (χ2v) is 5.85. The first-order valence-electron chi connectivity index (χ1n) is 7.02. The molecule has 0 bridgehead atoms. The molecule has 0 unspecified atom stereocenters. The van der Waals surface area contributed by atoms with Crippen LogP contribution in [-0.2, 0) is 20.7 Å². The molecule has 1 heterocycles. The summed E-state index contributed by atoms with van der Waals surface area (Å²) in [6.07, 6.45) is 2.50. The Balaban J connectivity index is 1.96. The summed E-state index contributed by atoms with van der Waals surface area (Å²) in [7, 11) is 0. The topological polar surface area (TPSA) is 68.3 Å². The third-order valence-corrected chi connectivity index (χ3v) is 3.95. The van der Waals surface area contributed by atoms with Gasteiger partial charge in [-0.2, -0.15) is 0 Å². The summed E-state index contributed by atoms with van der Waals surface area (Å²) in [4.78, 5) is 27.3. The van der Waals surface area contributed by atoms with E-state index in [-0.39, 0.29) is 23.0 Å². The first-order chi connectivity index (χ1) is 11.5. The predicted molar refractivity (Wildman–Crippen MR) is 91.5 cm³/mol. The minimum absolute atomic E-state index is 0.0425. The molecule has 0 aliphatic heterocycles. The Hall–Kier alpha value is -2.25. The van der Waals surface area contributed by atoms with Crippen LogP contribution in [0.3, 0.4) is 0 Å². The molecule has 0 saturated carbocycles. The first kappa shape index (κ1) is 18.1. The maximum Gasteiger partial charge on any atom is 0.311 e. The van der Waals surface area contributed by atoms with E-state index in [1.165, 1.54) is 35.6 Å². The fraction of sp³-hybridized carbons (Fsp3) is 0.188. The highest BCUT2D eigenvalue weighted by molar-refractivity contribution is 7.14. The zero-order chi connectivity index (χ0) is 17.5. The van der Waals surface area contributed by atoms with Crippen LogP contribution in [0, 0.1) is 5.82 Å². The van der Waals surface area contributed by atoms with Gasteiger partial charge in [-0.25, -0.2) is 9.37 Å². The van der Waals surface area contributed by atoms with Crippen molar-refractivity contribution in [2.45, 2.75) is 13.3 Å². The molecule has 0 atom stereocenters. The highest BCUT2D eigenvalue weighted by atomic mass is 35.5. The molecule has 5 nitrogen and oxygen atoms in total. The number of benzene rings is 1. The van der Waals surface area contributed by atoms with Crippen LogP contribution in [0.25, 0.3) is 6.08 Å². The number of carbonyl (C=O) groups is 2. The number of nitrogens with zero attached hydrogens (tertiary/aromatic N) is 1. The molecule has 24 heavy (non-hydrogen) atoms. The maximum absolute atomic E-state index is 13.6. The van der Waals surface area contributed by atoms with Crippen molar-refractivity contribution < 1.29 is 18.7 Å². The second kappa shape index (κ2) is 8.56. The fourth-order valence-electron chi connectivity index (χ4n) is 1.78. The van der Waals surface area contributed by atoms with Gasteiger partial charge in [0.15, 0.2) is 5.13 Å². The highest BCUT2D eigenvalue weighted by Gasteiger charge is 2.10. The SMILES string of the molecule is CCOC(=O)Cc1csc(NC(=O)C=Cc2c(F)cccc2Cl)n1. The van der Waals surface area contributed by atoms with Gasteiger partial charge in [0.2, 0.25) is 5.91 Å². The minimum Gasteiger partial charge on any atom is -0.466 e. The Morgan fingerprint density at radius 2 is 2.25 bits per heavy atom. The number of nitrogens with one attached hydrogen (secondary N) is 1. The Morgan fingerprint density at radius 1 is 1.46 bits per heavy atom. The van der Waals surface area contributed by atoms with E-state index in [9.17, 15) is 14.0 Å².